The maximum atomic E-state index is 5.97. The Hall–Kier alpha value is -0.960. The molecule has 1 aromatic heterocycles. The molecule has 1 rings (SSSR count). The van der Waals surface area contributed by atoms with Crippen LogP contribution in [-0.4, -0.2) is 9.97 Å². The lowest BCUT2D eigenvalue weighted by atomic mass is 10.0. The molecule has 0 aliphatic carbocycles. The Morgan fingerprint density at radius 3 is 2.62 bits per heavy atom. The third kappa shape index (κ3) is 2.49. The van der Waals surface area contributed by atoms with E-state index in [9.17, 15) is 0 Å². The van der Waals surface area contributed by atoms with E-state index in [1.807, 2.05) is 6.07 Å². The van der Waals surface area contributed by atoms with E-state index >= 15 is 0 Å². The molecule has 0 radical (unpaired) electrons. The Morgan fingerprint density at radius 2 is 2.08 bits per heavy atom. The van der Waals surface area contributed by atoms with E-state index in [0.717, 1.165) is 17.8 Å². The molecule has 1 heterocycles. The summed E-state index contributed by atoms with van der Waals surface area (Å²) in [5.74, 6) is 0.416. The first-order valence-electron chi connectivity index (χ1n) is 4.71. The lowest BCUT2D eigenvalue weighted by Crippen LogP contribution is -2.18. The van der Waals surface area contributed by atoms with Gasteiger partial charge < -0.3 is 5.73 Å². The molecular formula is C10H17N3. The number of aryl methyl sites for hydroxylation is 1. The van der Waals surface area contributed by atoms with Gasteiger partial charge in [0.2, 0.25) is 0 Å². The molecule has 0 bridgehead atoms. The number of nitrogens with zero attached hydrogens (tertiary/aromatic N) is 2. The van der Waals surface area contributed by atoms with Gasteiger partial charge in [-0.15, -0.1) is 0 Å². The van der Waals surface area contributed by atoms with Crippen molar-refractivity contribution >= 4 is 0 Å². The van der Waals surface area contributed by atoms with Crippen LogP contribution in [0, 0.1) is 5.92 Å². The number of aromatic nitrogens is 2. The van der Waals surface area contributed by atoms with Crippen LogP contribution in [0.15, 0.2) is 12.4 Å². The topological polar surface area (TPSA) is 51.8 Å². The van der Waals surface area contributed by atoms with Crippen LogP contribution >= 0.6 is 0 Å². The molecule has 0 saturated carbocycles. The Bertz CT molecular complexity index is 271. The molecule has 0 amide bonds. The molecule has 1 aromatic rings. The van der Waals surface area contributed by atoms with Crippen molar-refractivity contribution in [2.45, 2.75) is 33.2 Å². The summed E-state index contributed by atoms with van der Waals surface area (Å²) in [4.78, 5) is 8.31. The average molecular weight is 179 g/mol. The lowest BCUT2D eigenvalue weighted by Gasteiger charge is -2.14. The molecule has 3 heteroatoms. The van der Waals surface area contributed by atoms with Gasteiger partial charge >= 0.3 is 0 Å². The van der Waals surface area contributed by atoms with Gasteiger partial charge in [-0.05, 0) is 18.4 Å². The largest absolute Gasteiger partial charge is 0.322 e. The van der Waals surface area contributed by atoms with Crippen molar-refractivity contribution in [3.63, 3.8) is 0 Å². The molecule has 0 aliphatic heterocycles. The Morgan fingerprint density at radius 1 is 1.38 bits per heavy atom. The van der Waals surface area contributed by atoms with Crippen LogP contribution in [0.3, 0.4) is 0 Å². The standard InChI is InChI=1S/C10H17N3/c1-4-8-5-9(13-6-12-8)10(11)7(2)3/h5-7,10H,4,11H2,1-3H3. The first-order chi connectivity index (χ1) is 6.15. The summed E-state index contributed by atoms with van der Waals surface area (Å²) in [7, 11) is 0. The predicted octanol–water partition coefficient (Wildman–Crippen LogP) is 1.69. The lowest BCUT2D eigenvalue weighted by molar-refractivity contribution is 0.501. The highest BCUT2D eigenvalue weighted by Crippen LogP contribution is 2.16. The third-order valence-corrected chi connectivity index (χ3v) is 2.17. The highest BCUT2D eigenvalue weighted by atomic mass is 14.9. The molecular weight excluding hydrogens is 162 g/mol. The van der Waals surface area contributed by atoms with E-state index in [1.54, 1.807) is 6.33 Å². The van der Waals surface area contributed by atoms with Crippen LogP contribution < -0.4 is 5.73 Å². The Balaban J connectivity index is 2.88. The monoisotopic (exact) mass is 179 g/mol. The molecule has 0 spiro atoms. The zero-order valence-electron chi connectivity index (χ0n) is 8.49. The quantitative estimate of drug-likeness (QED) is 0.768. The minimum Gasteiger partial charge on any atom is -0.322 e. The summed E-state index contributed by atoms with van der Waals surface area (Å²) >= 11 is 0. The molecule has 1 unspecified atom stereocenters. The minimum absolute atomic E-state index is 0.0216. The van der Waals surface area contributed by atoms with Crippen molar-refractivity contribution in [3.8, 4) is 0 Å². The fourth-order valence-corrected chi connectivity index (χ4v) is 1.13. The van der Waals surface area contributed by atoms with E-state index in [4.69, 9.17) is 5.73 Å². The van der Waals surface area contributed by atoms with E-state index in [2.05, 4.69) is 30.7 Å². The summed E-state index contributed by atoms with van der Waals surface area (Å²) in [5, 5.41) is 0. The molecule has 0 aliphatic rings. The molecule has 0 aromatic carbocycles. The number of nitrogens with two attached hydrogens (primary N) is 1. The van der Waals surface area contributed by atoms with Gasteiger partial charge in [-0.3, -0.25) is 0 Å². The minimum atomic E-state index is 0.0216. The SMILES string of the molecule is CCc1cc(C(N)C(C)C)ncn1. The van der Waals surface area contributed by atoms with Crippen molar-refractivity contribution in [2.75, 3.05) is 0 Å². The number of rotatable bonds is 3. The van der Waals surface area contributed by atoms with Gasteiger partial charge in [0.15, 0.2) is 0 Å². The van der Waals surface area contributed by atoms with Crippen LogP contribution in [0.1, 0.15) is 38.2 Å². The molecule has 3 nitrogen and oxygen atoms in total. The molecule has 13 heavy (non-hydrogen) atoms. The van der Waals surface area contributed by atoms with Gasteiger partial charge in [0.25, 0.3) is 0 Å². The second kappa shape index (κ2) is 4.33. The Kier molecular flexibility index (Phi) is 3.37. The third-order valence-electron chi connectivity index (χ3n) is 2.17. The smallest absolute Gasteiger partial charge is 0.115 e. The van der Waals surface area contributed by atoms with Crippen LogP contribution in [-0.2, 0) is 6.42 Å². The summed E-state index contributed by atoms with van der Waals surface area (Å²) in [6, 6.07) is 2.01. The van der Waals surface area contributed by atoms with Crippen LogP contribution in [0.25, 0.3) is 0 Å². The second-order valence-corrected chi connectivity index (χ2v) is 3.56. The van der Waals surface area contributed by atoms with Crippen LogP contribution in [0.2, 0.25) is 0 Å². The zero-order chi connectivity index (χ0) is 9.84. The fourth-order valence-electron chi connectivity index (χ4n) is 1.13. The van der Waals surface area contributed by atoms with Crippen molar-refractivity contribution in [1.29, 1.82) is 0 Å². The van der Waals surface area contributed by atoms with E-state index in [0.29, 0.717) is 5.92 Å². The number of hydrogen-bond acceptors (Lipinski definition) is 3. The zero-order valence-corrected chi connectivity index (χ0v) is 8.49. The molecule has 0 saturated heterocycles. The molecule has 0 fully saturated rings. The van der Waals surface area contributed by atoms with Crippen LogP contribution in [0.5, 0.6) is 0 Å². The average Bonchev–Trinajstić information content (AvgIpc) is 2.16. The Labute approximate surface area is 79.4 Å². The number of hydrogen-bond donors (Lipinski definition) is 1. The second-order valence-electron chi connectivity index (χ2n) is 3.56. The van der Waals surface area contributed by atoms with Gasteiger partial charge in [-0.25, -0.2) is 9.97 Å². The summed E-state index contributed by atoms with van der Waals surface area (Å²) in [6.45, 7) is 6.27. The normalized spacial score (nSPS) is 13.3. The van der Waals surface area contributed by atoms with Gasteiger partial charge in [0, 0.05) is 11.7 Å². The summed E-state index contributed by atoms with van der Waals surface area (Å²) in [5.41, 5.74) is 7.97. The molecule has 2 N–H and O–H groups in total. The van der Waals surface area contributed by atoms with Crippen molar-refractivity contribution in [1.82, 2.24) is 9.97 Å². The van der Waals surface area contributed by atoms with E-state index in [-0.39, 0.29) is 6.04 Å². The summed E-state index contributed by atoms with van der Waals surface area (Å²) in [6.07, 6.45) is 2.52. The fraction of sp³-hybridized carbons (Fsp3) is 0.600. The van der Waals surface area contributed by atoms with Crippen LogP contribution in [0.4, 0.5) is 0 Å². The van der Waals surface area contributed by atoms with E-state index < -0.39 is 0 Å². The maximum absolute atomic E-state index is 5.97. The predicted molar refractivity (Wildman–Crippen MR) is 53.2 cm³/mol. The van der Waals surface area contributed by atoms with Gasteiger partial charge in [-0.1, -0.05) is 20.8 Å². The van der Waals surface area contributed by atoms with Gasteiger partial charge in [0.05, 0.1) is 5.69 Å². The maximum Gasteiger partial charge on any atom is 0.115 e. The first kappa shape index (κ1) is 10.1. The van der Waals surface area contributed by atoms with Crippen molar-refractivity contribution in [3.05, 3.63) is 23.8 Å². The van der Waals surface area contributed by atoms with Crippen molar-refractivity contribution < 1.29 is 0 Å². The van der Waals surface area contributed by atoms with E-state index in [1.165, 1.54) is 0 Å². The van der Waals surface area contributed by atoms with Crippen molar-refractivity contribution in [2.24, 2.45) is 11.7 Å². The van der Waals surface area contributed by atoms with Gasteiger partial charge in [-0.2, -0.15) is 0 Å². The molecule has 1 atom stereocenters. The van der Waals surface area contributed by atoms with Gasteiger partial charge in [0.1, 0.15) is 6.33 Å². The first-order valence-corrected chi connectivity index (χ1v) is 4.71. The highest BCUT2D eigenvalue weighted by Gasteiger charge is 2.11. The highest BCUT2D eigenvalue weighted by molar-refractivity contribution is 5.12. The summed E-state index contributed by atoms with van der Waals surface area (Å²) < 4.78 is 0. The molecule has 72 valence electrons.